The summed E-state index contributed by atoms with van der Waals surface area (Å²) in [7, 11) is 0. The highest BCUT2D eigenvalue weighted by atomic mass is 35.5. The van der Waals surface area contributed by atoms with Gasteiger partial charge in [-0.1, -0.05) is 11.6 Å². The Hall–Kier alpha value is -2.44. The molecule has 7 heteroatoms. The predicted octanol–water partition coefficient (Wildman–Crippen LogP) is 3.06. The van der Waals surface area contributed by atoms with Crippen molar-refractivity contribution >= 4 is 28.5 Å². The molecule has 2 aromatic heterocycles. The predicted molar refractivity (Wildman–Crippen MR) is 81.4 cm³/mol. The van der Waals surface area contributed by atoms with Crippen molar-refractivity contribution < 1.29 is 4.74 Å². The lowest BCUT2D eigenvalue weighted by Gasteiger charge is -2.10. The molecule has 0 radical (unpaired) electrons. The van der Waals surface area contributed by atoms with Crippen LogP contribution in [0.1, 0.15) is 5.56 Å². The molecule has 0 bridgehead atoms. The zero-order valence-electron chi connectivity index (χ0n) is 11.2. The van der Waals surface area contributed by atoms with E-state index in [2.05, 4.69) is 20.4 Å². The SMILES string of the molecule is Cc1cnc(NN)nc1Oc1ccc(Cl)c2cccnc12. The molecular weight excluding hydrogens is 290 g/mol. The number of fused-ring (bicyclic) bond motifs is 1. The van der Waals surface area contributed by atoms with Crippen LogP contribution in [0, 0.1) is 6.92 Å². The summed E-state index contributed by atoms with van der Waals surface area (Å²) in [6.07, 6.45) is 3.31. The highest BCUT2D eigenvalue weighted by Gasteiger charge is 2.11. The lowest BCUT2D eigenvalue weighted by Crippen LogP contribution is -2.11. The molecule has 2 heterocycles. The van der Waals surface area contributed by atoms with E-state index in [1.54, 1.807) is 24.5 Å². The van der Waals surface area contributed by atoms with E-state index >= 15 is 0 Å². The topological polar surface area (TPSA) is 86.0 Å². The van der Waals surface area contributed by atoms with E-state index in [1.165, 1.54) is 0 Å². The third-order valence-electron chi connectivity index (χ3n) is 2.94. The summed E-state index contributed by atoms with van der Waals surface area (Å²) in [4.78, 5) is 12.5. The molecule has 3 aromatic rings. The summed E-state index contributed by atoms with van der Waals surface area (Å²) in [5.41, 5.74) is 3.84. The summed E-state index contributed by atoms with van der Waals surface area (Å²) < 4.78 is 5.85. The normalized spacial score (nSPS) is 10.6. The molecule has 0 atom stereocenters. The molecule has 3 N–H and O–H groups in total. The van der Waals surface area contributed by atoms with Crippen molar-refractivity contribution in [2.45, 2.75) is 6.92 Å². The van der Waals surface area contributed by atoms with Crippen LogP contribution in [0.3, 0.4) is 0 Å². The summed E-state index contributed by atoms with van der Waals surface area (Å²) in [5, 5.41) is 1.44. The van der Waals surface area contributed by atoms with Crippen molar-refractivity contribution in [3.8, 4) is 11.6 Å². The Bertz CT molecular complexity index is 808. The Morgan fingerprint density at radius 3 is 2.90 bits per heavy atom. The van der Waals surface area contributed by atoms with E-state index in [4.69, 9.17) is 22.2 Å². The molecule has 0 saturated carbocycles. The van der Waals surface area contributed by atoms with Gasteiger partial charge in [0.05, 0.1) is 5.02 Å². The first-order valence-electron chi connectivity index (χ1n) is 6.20. The van der Waals surface area contributed by atoms with Crippen LogP contribution >= 0.6 is 11.6 Å². The molecule has 0 aliphatic rings. The highest BCUT2D eigenvalue weighted by molar-refractivity contribution is 6.35. The minimum atomic E-state index is 0.279. The largest absolute Gasteiger partial charge is 0.436 e. The maximum Gasteiger partial charge on any atom is 0.240 e. The number of aryl methyl sites for hydroxylation is 1. The molecule has 0 aliphatic heterocycles. The van der Waals surface area contributed by atoms with E-state index in [-0.39, 0.29) is 5.95 Å². The van der Waals surface area contributed by atoms with Gasteiger partial charge in [0.2, 0.25) is 11.8 Å². The first kappa shape index (κ1) is 13.5. The van der Waals surface area contributed by atoms with E-state index in [0.29, 0.717) is 22.2 Å². The van der Waals surface area contributed by atoms with Crippen LogP contribution < -0.4 is 16.0 Å². The molecule has 0 unspecified atom stereocenters. The number of hydrogen-bond donors (Lipinski definition) is 2. The third kappa shape index (κ3) is 2.58. The second-order valence-electron chi connectivity index (χ2n) is 4.37. The second kappa shape index (κ2) is 5.51. The Morgan fingerprint density at radius 1 is 1.24 bits per heavy atom. The summed E-state index contributed by atoms with van der Waals surface area (Å²) in [5.74, 6) is 6.57. The minimum Gasteiger partial charge on any atom is -0.436 e. The number of hydrazine groups is 1. The number of anilines is 1. The number of nitrogens with zero attached hydrogens (tertiary/aromatic N) is 3. The van der Waals surface area contributed by atoms with Crippen molar-refractivity contribution in [3.63, 3.8) is 0 Å². The Labute approximate surface area is 125 Å². The fraction of sp³-hybridized carbons (Fsp3) is 0.0714. The number of nitrogen functional groups attached to an aromatic ring is 1. The fourth-order valence-corrected chi connectivity index (χ4v) is 2.11. The molecule has 6 nitrogen and oxygen atoms in total. The van der Waals surface area contributed by atoms with Crippen LogP contribution in [0.15, 0.2) is 36.7 Å². The van der Waals surface area contributed by atoms with Crippen LogP contribution in [0.4, 0.5) is 5.95 Å². The summed E-state index contributed by atoms with van der Waals surface area (Å²) in [6.45, 7) is 1.85. The summed E-state index contributed by atoms with van der Waals surface area (Å²) >= 11 is 6.16. The van der Waals surface area contributed by atoms with Gasteiger partial charge in [-0.15, -0.1) is 0 Å². The third-order valence-corrected chi connectivity index (χ3v) is 3.27. The van der Waals surface area contributed by atoms with Gasteiger partial charge in [0.25, 0.3) is 0 Å². The highest BCUT2D eigenvalue weighted by Crippen LogP contribution is 2.33. The number of nitrogens with one attached hydrogen (secondary N) is 1. The van der Waals surface area contributed by atoms with E-state index in [1.807, 2.05) is 19.1 Å². The molecule has 0 amide bonds. The van der Waals surface area contributed by atoms with Crippen molar-refractivity contribution in [1.82, 2.24) is 15.0 Å². The number of rotatable bonds is 3. The standard InChI is InChI=1S/C14H12ClN5O/c1-8-7-18-14(20-16)19-13(8)21-11-5-4-10(15)9-3-2-6-17-12(9)11/h2-7H,16H2,1H3,(H,18,19,20). The quantitative estimate of drug-likeness (QED) is 0.571. The molecule has 3 rings (SSSR count). The molecule has 0 saturated heterocycles. The number of benzene rings is 1. The van der Waals surface area contributed by atoms with Crippen LogP contribution in [-0.2, 0) is 0 Å². The minimum absolute atomic E-state index is 0.279. The molecule has 106 valence electrons. The number of pyridine rings is 1. The molecule has 1 aromatic carbocycles. The van der Waals surface area contributed by atoms with Gasteiger partial charge in [-0.3, -0.25) is 10.4 Å². The van der Waals surface area contributed by atoms with Crippen molar-refractivity contribution in [3.05, 3.63) is 47.2 Å². The van der Waals surface area contributed by atoms with Crippen LogP contribution in [-0.4, -0.2) is 15.0 Å². The Morgan fingerprint density at radius 2 is 2.10 bits per heavy atom. The maximum atomic E-state index is 6.16. The number of ether oxygens (including phenoxy) is 1. The van der Waals surface area contributed by atoms with Gasteiger partial charge in [0, 0.05) is 23.3 Å². The molecule has 0 spiro atoms. The van der Waals surface area contributed by atoms with Crippen molar-refractivity contribution in [1.29, 1.82) is 0 Å². The molecule has 21 heavy (non-hydrogen) atoms. The van der Waals surface area contributed by atoms with Gasteiger partial charge in [-0.05, 0) is 31.2 Å². The first-order valence-corrected chi connectivity index (χ1v) is 6.58. The van der Waals surface area contributed by atoms with E-state index in [9.17, 15) is 0 Å². The van der Waals surface area contributed by atoms with Crippen LogP contribution in [0.25, 0.3) is 10.9 Å². The number of aromatic nitrogens is 3. The van der Waals surface area contributed by atoms with Gasteiger partial charge in [-0.25, -0.2) is 10.8 Å². The maximum absolute atomic E-state index is 6.16. The zero-order valence-corrected chi connectivity index (χ0v) is 11.9. The van der Waals surface area contributed by atoms with Gasteiger partial charge in [0.15, 0.2) is 5.75 Å². The average Bonchev–Trinajstić information content (AvgIpc) is 2.52. The van der Waals surface area contributed by atoms with Gasteiger partial charge in [-0.2, -0.15) is 4.98 Å². The van der Waals surface area contributed by atoms with E-state index < -0.39 is 0 Å². The van der Waals surface area contributed by atoms with E-state index in [0.717, 1.165) is 10.9 Å². The fourth-order valence-electron chi connectivity index (χ4n) is 1.90. The smallest absolute Gasteiger partial charge is 0.240 e. The lowest BCUT2D eigenvalue weighted by molar-refractivity contribution is 0.462. The van der Waals surface area contributed by atoms with Crippen LogP contribution in [0.2, 0.25) is 5.02 Å². The number of hydrogen-bond acceptors (Lipinski definition) is 6. The number of nitrogens with two attached hydrogens (primary N) is 1. The zero-order chi connectivity index (χ0) is 14.8. The second-order valence-corrected chi connectivity index (χ2v) is 4.78. The molecule has 0 fully saturated rings. The summed E-state index contributed by atoms with van der Waals surface area (Å²) in [6, 6.07) is 7.23. The number of halogens is 1. The van der Waals surface area contributed by atoms with Crippen LogP contribution in [0.5, 0.6) is 11.6 Å². The molecule has 0 aliphatic carbocycles. The van der Waals surface area contributed by atoms with Gasteiger partial charge < -0.3 is 4.74 Å². The Balaban J connectivity index is 2.08. The Kier molecular flexibility index (Phi) is 3.55. The monoisotopic (exact) mass is 301 g/mol. The lowest BCUT2D eigenvalue weighted by atomic mass is 10.2. The van der Waals surface area contributed by atoms with Crippen molar-refractivity contribution in [2.24, 2.45) is 5.84 Å². The average molecular weight is 302 g/mol. The van der Waals surface area contributed by atoms with Gasteiger partial charge >= 0.3 is 0 Å². The van der Waals surface area contributed by atoms with Crippen molar-refractivity contribution in [2.75, 3.05) is 5.43 Å². The van der Waals surface area contributed by atoms with Gasteiger partial charge in [0.1, 0.15) is 5.52 Å². The molecular formula is C14H12ClN5O. The first-order chi connectivity index (χ1) is 10.2.